The number of allylic oxidation sites excluding steroid dienone is 2. The Kier molecular flexibility index (Phi) is 13.0. The molecule has 3 amide bonds. The van der Waals surface area contributed by atoms with Crippen molar-refractivity contribution in [2.24, 2.45) is 17.6 Å². The number of pyridine rings is 1. The molecule has 61 heavy (non-hydrogen) atoms. The SMILES string of the molecule is COc1ccc2c(OC3C[C@@H](C(N)=O)N(C(=O)[C@H](CCCCC/C=C\[C@@H]4C[C@@H]4C(=O)NS(=O)(=O)C4(C)CC4)Nc4cccc(F)c4)C3)cc(-c3nc(C(C)C)cs3)nc2c1C. The Balaban J connectivity index is 1.01. The monoisotopic (exact) mass is 874 g/mol. The van der Waals surface area contributed by atoms with Crippen molar-refractivity contribution in [3.8, 4) is 22.2 Å². The normalized spacial score (nSPS) is 21.1. The highest BCUT2D eigenvalue weighted by molar-refractivity contribution is 7.91. The second-order valence-electron chi connectivity index (χ2n) is 17.1. The summed E-state index contributed by atoms with van der Waals surface area (Å²) in [6.07, 6.45) is 8.82. The molecule has 0 radical (unpaired) electrons. The first-order valence-corrected chi connectivity index (χ1v) is 23.4. The highest BCUT2D eigenvalue weighted by Gasteiger charge is 2.52. The Labute approximate surface area is 360 Å². The molecule has 4 N–H and O–H groups in total. The summed E-state index contributed by atoms with van der Waals surface area (Å²) in [6, 6.07) is 9.82. The van der Waals surface area contributed by atoms with E-state index >= 15 is 0 Å². The minimum absolute atomic E-state index is 0.0223. The zero-order valence-corrected chi connectivity index (χ0v) is 36.9. The number of amides is 3. The van der Waals surface area contributed by atoms with Crippen LogP contribution in [-0.2, 0) is 24.4 Å². The quantitative estimate of drug-likeness (QED) is 0.0635. The summed E-state index contributed by atoms with van der Waals surface area (Å²) in [7, 11) is -2.04. The maximum absolute atomic E-state index is 14.4. The molecule has 1 unspecified atom stereocenters. The largest absolute Gasteiger partial charge is 0.496 e. The first kappa shape index (κ1) is 44.0. The van der Waals surface area contributed by atoms with Crippen LogP contribution in [0.3, 0.4) is 0 Å². The van der Waals surface area contributed by atoms with Crippen LogP contribution in [-0.4, -0.2) is 77.6 Å². The number of benzene rings is 2. The topological polar surface area (TPSA) is 183 Å². The molecular weight excluding hydrogens is 820 g/mol. The van der Waals surface area contributed by atoms with Gasteiger partial charge in [0.15, 0.2) is 0 Å². The molecule has 0 bridgehead atoms. The second kappa shape index (κ2) is 18.1. The van der Waals surface area contributed by atoms with E-state index in [4.69, 9.17) is 25.2 Å². The van der Waals surface area contributed by atoms with Crippen LogP contribution in [0.2, 0.25) is 0 Å². The number of likely N-dealkylation sites (tertiary alicyclic amines) is 1. The van der Waals surface area contributed by atoms with Gasteiger partial charge in [-0.2, -0.15) is 0 Å². The lowest BCUT2D eigenvalue weighted by Gasteiger charge is -2.28. The summed E-state index contributed by atoms with van der Waals surface area (Å²) in [5.74, 6) is -0.703. The van der Waals surface area contributed by atoms with Gasteiger partial charge in [0.25, 0.3) is 0 Å². The van der Waals surface area contributed by atoms with Crippen molar-refractivity contribution >= 4 is 55.7 Å². The van der Waals surface area contributed by atoms with Gasteiger partial charge in [-0.25, -0.2) is 22.8 Å². The van der Waals surface area contributed by atoms with Crippen LogP contribution in [0.5, 0.6) is 11.5 Å². The number of anilines is 1. The van der Waals surface area contributed by atoms with Crippen LogP contribution >= 0.6 is 11.3 Å². The molecule has 1 saturated heterocycles. The fraction of sp³-hybridized carbons (Fsp3) is 0.489. The number of sulfonamides is 1. The van der Waals surface area contributed by atoms with Gasteiger partial charge in [-0.05, 0) is 94.5 Å². The Morgan fingerprint density at radius 3 is 2.56 bits per heavy atom. The van der Waals surface area contributed by atoms with Gasteiger partial charge in [-0.3, -0.25) is 19.1 Å². The van der Waals surface area contributed by atoms with E-state index in [1.807, 2.05) is 42.7 Å². The number of carbonyl (C=O) groups is 3. The molecular formula is C45H55FN6O7S2. The van der Waals surface area contributed by atoms with E-state index in [0.717, 1.165) is 40.9 Å². The first-order valence-electron chi connectivity index (χ1n) is 21.0. The second-order valence-corrected chi connectivity index (χ2v) is 20.2. The number of nitrogens with zero attached hydrogens (tertiary/aromatic N) is 3. The number of fused-ring (bicyclic) bond motifs is 1. The van der Waals surface area contributed by atoms with Crippen LogP contribution in [0.15, 0.2) is 60.0 Å². The smallest absolute Gasteiger partial charge is 0.245 e. The minimum Gasteiger partial charge on any atom is -0.496 e. The molecule has 2 aromatic carbocycles. The van der Waals surface area contributed by atoms with Gasteiger partial charge in [0.1, 0.15) is 46.2 Å². The number of nitrogens with one attached hydrogen (secondary N) is 2. The molecule has 3 aliphatic rings. The highest BCUT2D eigenvalue weighted by Crippen LogP contribution is 2.44. The van der Waals surface area contributed by atoms with Crippen molar-refractivity contribution in [3.63, 3.8) is 0 Å². The van der Waals surface area contributed by atoms with Crippen LogP contribution in [0, 0.1) is 24.6 Å². The number of hydrogen-bond donors (Lipinski definition) is 3. The fourth-order valence-electron chi connectivity index (χ4n) is 7.85. The summed E-state index contributed by atoms with van der Waals surface area (Å²) in [5, 5.41) is 6.74. The van der Waals surface area contributed by atoms with Crippen molar-refractivity contribution < 1.29 is 36.7 Å². The number of hydrogen-bond acceptors (Lipinski definition) is 11. The molecule has 2 aliphatic carbocycles. The van der Waals surface area contributed by atoms with Crippen LogP contribution < -0.4 is 25.2 Å². The fourth-order valence-corrected chi connectivity index (χ4v) is 10.1. The number of halogens is 1. The predicted octanol–water partition coefficient (Wildman–Crippen LogP) is 7.39. The number of carbonyl (C=O) groups excluding carboxylic acids is 3. The van der Waals surface area contributed by atoms with Gasteiger partial charge < -0.3 is 25.4 Å². The number of rotatable bonds is 19. The van der Waals surface area contributed by atoms with Gasteiger partial charge in [0.05, 0.1) is 29.6 Å². The molecule has 5 atom stereocenters. The molecule has 7 rings (SSSR count). The Hall–Kier alpha value is -5.09. The molecule has 13 nitrogen and oxygen atoms in total. The van der Waals surface area contributed by atoms with Crippen LogP contribution in [0.25, 0.3) is 21.6 Å². The average molecular weight is 875 g/mol. The summed E-state index contributed by atoms with van der Waals surface area (Å²) in [6.45, 7) is 7.86. The number of primary amides is 1. The maximum Gasteiger partial charge on any atom is 0.245 e. The molecule has 2 saturated carbocycles. The van der Waals surface area contributed by atoms with Crippen molar-refractivity contribution in [1.82, 2.24) is 19.6 Å². The van der Waals surface area contributed by atoms with Gasteiger partial charge >= 0.3 is 0 Å². The van der Waals surface area contributed by atoms with Gasteiger partial charge in [-0.1, -0.05) is 44.9 Å². The molecule has 0 spiro atoms. The van der Waals surface area contributed by atoms with Crippen LogP contribution in [0.1, 0.15) is 95.7 Å². The number of ether oxygens (including phenoxy) is 2. The molecule has 1 aliphatic heterocycles. The summed E-state index contributed by atoms with van der Waals surface area (Å²) in [5.41, 5.74) is 9.51. The van der Waals surface area contributed by atoms with Crippen molar-refractivity contribution in [1.29, 1.82) is 0 Å². The average Bonchev–Trinajstić information content (AvgIpc) is 4.05. The van der Waals surface area contributed by atoms with Gasteiger partial charge in [-0.15, -0.1) is 11.3 Å². The maximum atomic E-state index is 14.4. The molecule has 326 valence electrons. The third kappa shape index (κ3) is 10.0. The van der Waals surface area contributed by atoms with E-state index in [1.165, 1.54) is 28.4 Å². The lowest BCUT2D eigenvalue weighted by atomic mass is 10.0. The number of methoxy groups -OCH3 is 1. The number of unbranched alkanes of at least 4 members (excludes halogenated alkanes) is 3. The standard InChI is InChI=1S/C45H55FN6O7S2/c1-26(2)36-25-60-43(50-36)35-23-39(32-16-17-38(58-5)27(3)40(32)49-35)59-31-22-37(41(47)53)52(24-31)44(55)34(48-30-14-11-13-29(46)21-30)15-10-8-6-7-9-12-28-20-33(28)42(54)51-61(56,57)45(4)18-19-45/h9,11-14,16-17,21,23,25-26,28,31,33-34,37,48H,6-8,10,15,18-20,22,24H2,1-5H3,(H2,47,53)(H,51,54)/b12-9-/t28-,31?,33+,34+,37+/m1/s1. The van der Waals surface area contributed by atoms with Gasteiger partial charge in [0, 0.05) is 40.4 Å². The summed E-state index contributed by atoms with van der Waals surface area (Å²) >= 11 is 1.50. The van der Waals surface area contributed by atoms with Crippen molar-refractivity contribution in [2.75, 3.05) is 19.0 Å². The Morgan fingerprint density at radius 1 is 1.08 bits per heavy atom. The van der Waals surface area contributed by atoms with E-state index in [1.54, 1.807) is 26.2 Å². The van der Waals surface area contributed by atoms with Crippen molar-refractivity contribution in [2.45, 2.75) is 114 Å². The Morgan fingerprint density at radius 2 is 1.87 bits per heavy atom. The van der Waals surface area contributed by atoms with E-state index in [0.29, 0.717) is 60.5 Å². The number of nitrogens with two attached hydrogens (primary N) is 1. The molecule has 4 aromatic rings. The molecule has 3 heterocycles. The molecule has 3 fully saturated rings. The van der Waals surface area contributed by atoms with E-state index in [9.17, 15) is 27.2 Å². The molecule has 2 aromatic heterocycles. The third-order valence-electron chi connectivity index (χ3n) is 12.1. The number of aromatic nitrogens is 2. The summed E-state index contributed by atoms with van der Waals surface area (Å²) < 4.78 is 52.9. The predicted molar refractivity (Wildman–Crippen MR) is 234 cm³/mol. The molecule has 16 heteroatoms. The number of thiazole rings is 1. The zero-order valence-electron chi connectivity index (χ0n) is 35.3. The lowest BCUT2D eigenvalue weighted by Crippen LogP contribution is -2.49. The summed E-state index contributed by atoms with van der Waals surface area (Å²) in [4.78, 5) is 51.2. The van der Waals surface area contributed by atoms with E-state index in [2.05, 4.69) is 23.9 Å². The third-order valence-corrected chi connectivity index (χ3v) is 15.2. The zero-order chi connectivity index (χ0) is 43.6. The lowest BCUT2D eigenvalue weighted by molar-refractivity contribution is -0.138. The number of aryl methyl sites for hydroxylation is 1. The Bertz CT molecular complexity index is 2430. The van der Waals surface area contributed by atoms with Gasteiger partial charge in [0.2, 0.25) is 27.7 Å². The minimum atomic E-state index is -3.65. The highest BCUT2D eigenvalue weighted by atomic mass is 32.2. The van der Waals surface area contributed by atoms with E-state index < -0.39 is 50.6 Å². The van der Waals surface area contributed by atoms with E-state index in [-0.39, 0.29) is 36.6 Å². The van der Waals surface area contributed by atoms with Crippen LogP contribution in [0.4, 0.5) is 10.1 Å². The van der Waals surface area contributed by atoms with Crippen molar-refractivity contribution in [3.05, 3.63) is 77.1 Å². The first-order chi connectivity index (χ1) is 29.1.